The van der Waals surface area contributed by atoms with Gasteiger partial charge in [-0.2, -0.15) is 0 Å². The maximum Gasteiger partial charge on any atom is 0.309 e. The second-order valence-electron chi connectivity index (χ2n) is 7.67. The molecule has 0 saturated heterocycles. The Morgan fingerprint density at radius 1 is 1.07 bits per heavy atom. The van der Waals surface area contributed by atoms with Gasteiger partial charge in [-0.05, 0) is 39.0 Å². The van der Waals surface area contributed by atoms with E-state index in [0.29, 0.717) is 6.41 Å². The average molecular weight is 386 g/mol. The summed E-state index contributed by atoms with van der Waals surface area (Å²) in [6.45, 7) is 7.01. The van der Waals surface area contributed by atoms with Crippen molar-refractivity contribution in [1.82, 2.24) is 10.4 Å². The molecule has 27 heavy (non-hydrogen) atoms. The lowest BCUT2D eigenvalue weighted by atomic mass is 9.86. The van der Waals surface area contributed by atoms with Gasteiger partial charge in [0, 0.05) is 13.5 Å². The predicted octanol–water partition coefficient (Wildman–Crippen LogP) is 0.526. The van der Waals surface area contributed by atoms with Crippen LogP contribution in [-0.2, 0) is 33.5 Å². The lowest BCUT2D eigenvalue weighted by molar-refractivity contribution is -0.222. The molecule has 9 heteroatoms. The van der Waals surface area contributed by atoms with E-state index in [1.807, 2.05) is 0 Å². The summed E-state index contributed by atoms with van der Waals surface area (Å²) in [6, 6.07) is 0. The predicted molar refractivity (Wildman–Crippen MR) is 94.9 cm³/mol. The van der Waals surface area contributed by atoms with E-state index in [2.05, 4.69) is 5.32 Å². The van der Waals surface area contributed by atoms with Gasteiger partial charge in [0.25, 0.3) is 0 Å². The lowest BCUT2D eigenvalue weighted by Gasteiger charge is -2.32. The average Bonchev–Trinajstić information content (AvgIpc) is 2.94. The molecule has 1 fully saturated rings. The van der Waals surface area contributed by atoms with Crippen LogP contribution in [0.1, 0.15) is 34.1 Å². The first-order chi connectivity index (χ1) is 12.5. The molecule has 1 N–H and O–H groups in total. The number of nitrogens with zero attached hydrogens (tertiary/aromatic N) is 1. The Balaban J connectivity index is 3.16. The Morgan fingerprint density at radius 3 is 2.00 bits per heavy atom. The molecule has 0 aromatic rings. The third-order valence-electron chi connectivity index (χ3n) is 4.59. The van der Waals surface area contributed by atoms with Gasteiger partial charge >= 0.3 is 11.9 Å². The largest absolute Gasteiger partial charge is 0.469 e. The van der Waals surface area contributed by atoms with E-state index in [0.717, 1.165) is 5.06 Å². The summed E-state index contributed by atoms with van der Waals surface area (Å²) in [4.78, 5) is 53.0. The van der Waals surface area contributed by atoms with Crippen molar-refractivity contribution in [3.8, 4) is 0 Å². The zero-order valence-corrected chi connectivity index (χ0v) is 16.8. The third kappa shape index (κ3) is 6.50. The molecule has 0 unspecified atom stereocenters. The van der Waals surface area contributed by atoms with Crippen LogP contribution in [0.3, 0.4) is 0 Å². The molecule has 1 rings (SSSR count). The maximum absolute atomic E-state index is 12.3. The van der Waals surface area contributed by atoms with Crippen molar-refractivity contribution in [2.75, 3.05) is 27.3 Å². The Kier molecular flexibility index (Phi) is 8.20. The van der Waals surface area contributed by atoms with Gasteiger partial charge in [0.15, 0.2) is 0 Å². The first kappa shape index (κ1) is 22.9. The van der Waals surface area contributed by atoms with Gasteiger partial charge in [0.2, 0.25) is 12.3 Å². The number of hydroxylamine groups is 2. The number of carbonyl (C=O) groups excluding carboxylic acids is 4. The maximum atomic E-state index is 12.3. The zero-order chi connectivity index (χ0) is 20.8. The van der Waals surface area contributed by atoms with Crippen LogP contribution in [0, 0.1) is 23.7 Å². The highest BCUT2D eigenvalue weighted by Crippen LogP contribution is 2.43. The second-order valence-corrected chi connectivity index (χ2v) is 7.67. The number of amides is 2. The molecule has 0 radical (unpaired) electrons. The zero-order valence-electron chi connectivity index (χ0n) is 16.8. The highest BCUT2D eigenvalue weighted by Gasteiger charge is 2.51. The Bertz CT molecular complexity index is 558. The molecule has 0 aliphatic heterocycles. The van der Waals surface area contributed by atoms with Crippen molar-refractivity contribution < 1.29 is 33.5 Å². The number of esters is 2. The minimum absolute atomic E-state index is 0.0816. The summed E-state index contributed by atoms with van der Waals surface area (Å²) in [5.74, 6) is -3.26. The van der Waals surface area contributed by atoms with Crippen LogP contribution in [0.5, 0.6) is 0 Å². The number of ether oxygens (including phenoxy) is 2. The molecule has 0 heterocycles. The van der Waals surface area contributed by atoms with E-state index in [-0.39, 0.29) is 25.4 Å². The van der Waals surface area contributed by atoms with Crippen molar-refractivity contribution in [3.63, 3.8) is 0 Å². The van der Waals surface area contributed by atoms with E-state index >= 15 is 0 Å². The van der Waals surface area contributed by atoms with Gasteiger partial charge < -0.3 is 14.8 Å². The van der Waals surface area contributed by atoms with Crippen molar-refractivity contribution in [2.45, 2.75) is 39.7 Å². The van der Waals surface area contributed by atoms with Crippen LogP contribution in [0.4, 0.5) is 0 Å². The highest BCUT2D eigenvalue weighted by molar-refractivity contribution is 5.78. The number of carbonyl (C=O) groups is 4. The van der Waals surface area contributed by atoms with Gasteiger partial charge in [-0.1, -0.05) is 0 Å². The number of rotatable bonds is 8. The Morgan fingerprint density at radius 2 is 1.59 bits per heavy atom. The highest BCUT2D eigenvalue weighted by atomic mass is 16.7. The van der Waals surface area contributed by atoms with Crippen molar-refractivity contribution >= 4 is 24.3 Å². The summed E-state index contributed by atoms with van der Waals surface area (Å²) < 4.78 is 9.77. The Labute approximate surface area is 159 Å². The van der Waals surface area contributed by atoms with Crippen molar-refractivity contribution in [2.24, 2.45) is 23.7 Å². The van der Waals surface area contributed by atoms with Crippen LogP contribution in [0.2, 0.25) is 0 Å². The molecule has 1 saturated carbocycles. The fourth-order valence-electron chi connectivity index (χ4n) is 3.54. The smallest absolute Gasteiger partial charge is 0.309 e. The second kappa shape index (κ2) is 9.68. The van der Waals surface area contributed by atoms with E-state index in [9.17, 15) is 19.2 Å². The molecular formula is C18H30N2O7. The van der Waals surface area contributed by atoms with Gasteiger partial charge in [-0.3, -0.25) is 24.0 Å². The summed E-state index contributed by atoms with van der Waals surface area (Å²) in [7, 11) is 2.55. The number of methoxy groups -OCH3 is 2. The molecule has 1 aliphatic carbocycles. The molecular weight excluding hydrogens is 356 g/mol. The molecule has 2 amide bonds. The number of hydrogen-bond donors (Lipinski definition) is 1. The first-order valence-electron chi connectivity index (χ1n) is 8.85. The number of nitrogens with one attached hydrogen (secondary N) is 1. The summed E-state index contributed by atoms with van der Waals surface area (Å²) in [5.41, 5.74) is -0.616. The molecule has 9 nitrogen and oxygen atoms in total. The minimum Gasteiger partial charge on any atom is -0.469 e. The first-order valence-corrected chi connectivity index (χ1v) is 8.85. The van der Waals surface area contributed by atoms with E-state index in [1.54, 1.807) is 20.8 Å². The topological polar surface area (TPSA) is 111 Å². The molecule has 154 valence electrons. The molecule has 0 aromatic carbocycles. The molecule has 0 spiro atoms. The fraction of sp³-hybridized carbons (Fsp3) is 0.778. The van der Waals surface area contributed by atoms with Gasteiger partial charge in [-0.25, -0.2) is 5.06 Å². The van der Waals surface area contributed by atoms with Gasteiger partial charge in [0.1, 0.15) is 0 Å². The third-order valence-corrected chi connectivity index (χ3v) is 4.59. The van der Waals surface area contributed by atoms with E-state index in [1.165, 1.54) is 21.1 Å². The lowest BCUT2D eigenvalue weighted by Crippen LogP contribution is -2.43. The molecule has 1 aliphatic rings. The van der Waals surface area contributed by atoms with E-state index < -0.39 is 41.2 Å². The monoisotopic (exact) mass is 386 g/mol. The van der Waals surface area contributed by atoms with Crippen LogP contribution >= 0.6 is 0 Å². The Hall–Kier alpha value is -2.16. The van der Waals surface area contributed by atoms with Crippen LogP contribution < -0.4 is 5.32 Å². The van der Waals surface area contributed by atoms with Crippen LogP contribution in [0.15, 0.2) is 0 Å². The molecule has 0 aromatic heterocycles. The standard InChI is InChI=1S/C18H30N2O7/c1-11(22)19-8-14-12(16(23)25-5)7-13(17(24)26-6)15(14)9-20(10-21)27-18(2,3)4/h10,12-15H,7-9H2,1-6H3,(H,19,22)/t12-,13+,14+,15-/m1/s1. The van der Waals surface area contributed by atoms with Crippen LogP contribution in [-0.4, -0.2) is 62.2 Å². The number of hydrogen-bond acceptors (Lipinski definition) is 7. The van der Waals surface area contributed by atoms with Gasteiger partial charge in [-0.15, -0.1) is 0 Å². The summed E-state index contributed by atoms with van der Waals surface area (Å²) >= 11 is 0. The molecule has 4 atom stereocenters. The van der Waals surface area contributed by atoms with Gasteiger partial charge in [0.05, 0.1) is 38.2 Å². The fourth-order valence-corrected chi connectivity index (χ4v) is 3.54. The minimum atomic E-state index is -0.621. The quantitative estimate of drug-likeness (QED) is 0.368. The van der Waals surface area contributed by atoms with Crippen molar-refractivity contribution in [3.05, 3.63) is 0 Å². The SMILES string of the molecule is COC(=O)[C@H]1C[C@@H](C(=O)OC)[C@H](CNC(C)=O)[C@@H]1CN(C=O)OC(C)(C)C. The summed E-state index contributed by atoms with van der Waals surface area (Å²) in [5, 5.41) is 3.82. The van der Waals surface area contributed by atoms with Crippen LogP contribution in [0.25, 0.3) is 0 Å². The normalized spacial score (nSPS) is 24.8. The molecule has 0 bridgehead atoms. The van der Waals surface area contributed by atoms with E-state index in [4.69, 9.17) is 14.3 Å². The summed E-state index contributed by atoms with van der Waals surface area (Å²) in [6.07, 6.45) is 0.761. The van der Waals surface area contributed by atoms with Crippen molar-refractivity contribution in [1.29, 1.82) is 0 Å².